The molecule has 120 valence electrons. The van der Waals surface area contributed by atoms with Crippen LogP contribution in [0.4, 0.5) is 10.1 Å². The molecule has 0 atom stereocenters. The second kappa shape index (κ2) is 8.24. The zero-order valence-corrected chi connectivity index (χ0v) is 13.5. The Bertz CT molecular complexity index is 689. The maximum Gasteiger partial charge on any atom is 0.257 e. The molecule has 4 nitrogen and oxygen atoms in total. The molecule has 0 aliphatic carbocycles. The highest BCUT2D eigenvalue weighted by molar-refractivity contribution is 7.80. The third kappa shape index (κ3) is 5.34. The van der Waals surface area contributed by atoms with Crippen molar-refractivity contribution in [3.8, 4) is 5.75 Å². The summed E-state index contributed by atoms with van der Waals surface area (Å²) in [6.07, 6.45) is 0.920. The van der Waals surface area contributed by atoms with Crippen LogP contribution in [0.1, 0.15) is 23.7 Å². The van der Waals surface area contributed by atoms with Gasteiger partial charge >= 0.3 is 0 Å². The van der Waals surface area contributed by atoms with Crippen molar-refractivity contribution < 1.29 is 13.9 Å². The van der Waals surface area contributed by atoms with Crippen LogP contribution in [0.2, 0.25) is 0 Å². The molecule has 2 aromatic carbocycles. The summed E-state index contributed by atoms with van der Waals surface area (Å²) < 4.78 is 18.4. The number of hydrogen-bond donors (Lipinski definition) is 2. The summed E-state index contributed by atoms with van der Waals surface area (Å²) in [4.78, 5) is 12.0. The molecule has 0 radical (unpaired) electrons. The molecule has 0 fully saturated rings. The highest BCUT2D eigenvalue weighted by Crippen LogP contribution is 2.17. The number of nitrogens with one attached hydrogen (secondary N) is 2. The second-order valence-corrected chi connectivity index (χ2v) is 5.20. The number of benzene rings is 2. The molecular formula is C17H17FN2O2S. The molecule has 0 saturated carbocycles. The number of amides is 1. The number of halogens is 1. The van der Waals surface area contributed by atoms with Crippen LogP contribution < -0.4 is 15.4 Å². The van der Waals surface area contributed by atoms with Crippen molar-refractivity contribution >= 4 is 28.9 Å². The van der Waals surface area contributed by atoms with Gasteiger partial charge < -0.3 is 10.1 Å². The maximum atomic E-state index is 12.8. The Labute approximate surface area is 139 Å². The average molecular weight is 332 g/mol. The van der Waals surface area contributed by atoms with Crippen molar-refractivity contribution in [3.05, 3.63) is 59.9 Å². The Morgan fingerprint density at radius 3 is 2.65 bits per heavy atom. The Kier molecular flexibility index (Phi) is 6.05. The Balaban J connectivity index is 1.94. The van der Waals surface area contributed by atoms with E-state index in [1.807, 2.05) is 25.1 Å². The van der Waals surface area contributed by atoms with E-state index < -0.39 is 11.7 Å². The largest absolute Gasteiger partial charge is 0.494 e. The summed E-state index contributed by atoms with van der Waals surface area (Å²) in [5.41, 5.74) is 1.04. The lowest BCUT2D eigenvalue weighted by Crippen LogP contribution is -2.34. The number of hydrogen-bond acceptors (Lipinski definition) is 3. The van der Waals surface area contributed by atoms with Gasteiger partial charge in [-0.2, -0.15) is 0 Å². The number of carbonyl (C=O) groups is 1. The van der Waals surface area contributed by atoms with Crippen molar-refractivity contribution in [2.75, 3.05) is 11.9 Å². The van der Waals surface area contributed by atoms with E-state index in [1.54, 1.807) is 6.07 Å². The molecule has 0 bridgehead atoms. The summed E-state index contributed by atoms with van der Waals surface area (Å²) in [5, 5.41) is 5.62. The fraction of sp³-hybridized carbons (Fsp3) is 0.176. The van der Waals surface area contributed by atoms with Gasteiger partial charge in [0, 0.05) is 17.3 Å². The van der Waals surface area contributed by atoms with Gasteiger partial charge in [0.2, 0.25) is 0 Å². The van der Waals surface area contributed by atoms with E-state index in [-0.39, 0.29) is 5.11 Å². The van der Waals surface area contributed by atoms with E-state index >= 15 is 0 Å². The molecule has 1 amide bonds. The van der Waals surface area contributed by atoms with E-state index in [2.05, 4.69) is 10.6 Å². The smallest absolute Gasteiger partial charge is 0.257 e. The van der Waals surface area contributed by atoms with Crippen LogP contribution in [0.25, 0.3) is 0 Å². The van der Waals surface area contributed by atoms with Gasteiger partial charge in [0.15, 0.2) is 5.11 Å². The summed E-state index contributed by atoms with van der Waals surface area (Å²) in [7, 11) is 0. The van der Waals surface area contributed by atoms with Crippen molar-refractivity contribution in [3.63, 3.8) is 0 Å². The third-order valence-corrected chi connectivity index (χ3v) is 3.10. The van der Waals surface area contributed by atoms with E-state index in [9.17, 15) is 9.18 Å². The molecule has 2 rings (SSSR count). The van der Waals surface area contributed by atoms with E-state index in [4.69, 9.17) is 17.0 Å². The molecular weight excluding hydrogens is 315 g/mol. The quantitative estimate of drug-likeness (QED) is 0.819. The molecule has 0 spiro atoms. The topological polar surface area (TPSA) is 50.4 Å². The molecule has 0 heterocycles. The third-order valence-electron chi connectivity index (χ3n) is 2.90. The molecule has 0 aliphatic heterocycles. The molecule has 0 aromatic heterocycles. The van der Waals surface area contributed by atoms with Gasteiger partial charge in [-0.15, -0.1) is 0 Å². The maximum absolute atomic E-state index is 12.8. The number of rotatable bonds is 5. The number of thiocarbonyl (C=S) groups is 1. The highest BCUT2D eigenvalue weighted by atomic mass is 32.1. The van der Waals surface area contributed by atoms with Crippen LogP contribution in [0.3, 0.4) is 0 Å². The minimum absolute atomic E-state index is 0.159. The Morgan fingerprint density at radius 2 is 1.96 bits per heavy atom. The molecule has 0 aliphatic rings. The van der Waals surface area contributed by atoms with Gasteiger partial charge in [-0.25, -0.2) is 4.39 Å². The molecule has 2 aromatic rings. The predicted octanol–water partition coefficient (Wildman–Crippen LogP) is 3.74. The lowest BCUT2D eigenvalue weighted by Gasteiger charge is -2.11. The zero-order chi connectivity index (χ0) is 16.7. The SMILES string of the molecule is CCCOc1cccc(NC(=S)NC(=O)c2ccc(F)cc2)c1. The monoisotopic (exact) mass is 332 g/mol. The fourth-order valence-corrected chi connectivity index (χ4v) is 2.03. The summed E-state index contributed by atoms with van der Waals surface area (Å²) in [6.45, 7) is 2.66. The fourth-order valence-electron chi connectivity index (χ4n) is 1.82. The van der Waals surface area contributed by atoms with Crippen LogP contribution >= 0.6 is 12.2 Å². The zero-order valence-electron chi connectivity index (χ0n) is 12.6. The van der Waals surface area contributed by atoms with Gasteiger partial charge in [-0.3, -0.25) is 10.1 Å². The summed E-state index contributed by atoms with van der Waals surface area (Å²) in [6, 6.07) is 12.5. The van der Waals surface area contributed by atoms with Crippen LogP contribution in [-0.2, 0) is 0 Å². The highest BCUT2D eigenvalue weighted by Gasteiger charge is 2.08. The van der Waals surface area contributed by atoms with Crippen molar-refractivity contribution in [2.24, 2.45) is 0 Å². The average Bonchev–Trinajstić information content (AvgIpc) is 2.53. The molecule has 23 heavy (non-hydrogen) atoms. The molecule has 6 heteroatoms. The number of carbonyl (C=O) groups excluding carboxylic acids is 1. The summed E-state index contributed by atoms with van der Waals surface area (Å²) >= 11 is 5.11. The minimum Gasteiger partial charge on any atom is -0.494 e. The predicted molar refractivity (Wildman–Crippen MR) is 92.3 cm³/mol. The summed E-state index contributed by atoms with van der Waals surface area (Å²) in [5.74, 6) is -0.0726. The second-order valence-electron chi connectivity index (χ2n) is 4.79. The van der Waals surface area contributed by atoms with Crippen LogP contribution in [-0.4, -0.2) is 17.6 Å². The van der Waals surface area contributed by atoms with Crippen LogP contribution in [0.15, 0.2) is 48.5 Å². The van der Waals surface area contributed by atoms with Gasteiger partial charge in [0.1, 0.15) is 11.6 Å². The molecule has 0 unspecified atom stereocenters. The first kappa shape index (κ1) is 16.9. The van der Waals surface area contributed by atoms with Crippen molar-refractivity contribution in [1.29, 1.82) is 0 Å². The number of anilines is 1. The van der Waals surface area contributed by atoms with Crippen LogP contribution in [0, 0.1) is 5.82 Å². The first-order chi connectivity index (χ1) is 11.1. The number of ether oxygens (including phenoxy) is 1. The Morgan fingerprint density at radius 1 is 1.22 bits per heavy atom. The molecule has 2 N–H and O–H groups in total. The standard InChI is InChI=1S/C17H17FN2O2S/c1-2-10-22-15-5-3-4-14(11-15)19-17(23)20-16(21)12-6-8-13(18)9-7-12/h3-9,11H,2,10H2,1H3,(H2,19,20,21,23). The van der Waals surface area contributed by atoms with E-state index in [0.717, 1.165) is 12.2 Å². The lowest BCUT2D eigenvalue weighted by molar-refractivity contribution is 0.0977. The molecule has 0 saturated heterocycles. The normalized spacial score (nSPS) is 10.0. The minimum atomic E-state index is -0.402. The van der Waals surface area contributed by atoms with Crippen LogP contribution in [0.5, 0.6) is 5.75 Å². The van der Waals surface area contributed by atoms with E-state index in [1.165, 1.54) is 24.3 Å². The first-order valence-electron chi connectivity index (χ1n) is 7.19. The first-order valence-corrected chi connectivity index (χ1v) is 7.60. The van der Waals surface area contributed by atoms with Gasteiger partial charge in [-0.1, -0.05) is 13.0 Å². The van der Waals surface area contributed by atoms with Gasteiger partial charge in [0.25, 0.3) is 5.91 Å². The Hall–Kier alpha value is -2.47. The van der Waals surface area contributed by atoms with Gasteiger partial charge in [-0.05, 0) is 55.0 Å². The van der Waals surface area contributed by atoms with Crippen molar-refractivity contribution in [2.45, 2.75) is 13.3 Å². The van der Waals surface area contributed by atoms with E-state index in [0.29, 0.717) is 17.9 Å². The van der Waals surface area contributed by atoms with Gasteiger partial charge in [0.05, 0.1) is 6.61 Å². The lowest BCUT2D eigenvalue weighted by atomic mass is 10.2. The van der Waals surface area contributed by atoms with Crippen molar-refractivity contribution in [1.82, 2.24) is 5.32 Å².